The largest absolute Gasteiger partial charge is 0.458 e. The van der Waals surface area contributed by atoms with Crippen molar-refractivity contribution in [3.05, 3.63) is 12.2 Å². The minimum absolute atomic E-state index is 0.0130. The Morgan fingerprint density at radius 1 is 0.941 bits per heavy atom. The predicted molar refractivity (Wildman–Crippen MR) is 132 cm³/mol. The van der Waals surface area contributed by atoms with Crippen LogP contribution in [0.3, 0.4) is 0 Å². The summed E-state index contributed by atoms with van der Waals surface area (Å²) in [5, 5.41) is 11.4. The first kappa shape index (κ1) is 23.5. The van der Waals surface area contributed by atoms with E-state index in [-0.39, 0.29) is 39.1 Å². The van der Waals surface area contributed by atoms with Gasteiger partial charge >= 0.3 is 5.97 Å². The Hall–Kier alpha value is -0.870. The summed E-state index contributed by atoms with van der Waals surface area (Å²) in [4.78, 5) is 12.6. The highest BCUT2D eigenvalue weighted by molar-refractivity contribution is 5.72. The van der Waals surface area contributed by atoms with E-state index >= 15 is 0 Å². The second-order valence-electron chi connectivity index (χ2n) is 14.8. The summed E-state index contributed by atoms with van der Waals surface area (Å²) in [7, 11) is 0. The number of esters is 1. The van der Waals surface area contributed by atoms with Crippen molar-refractivity contribution in [3.8, 4) is 0 Å². The van der Waals surface area contributed by atoms with Crippen molar-refractivity contribution in [1.29, 1.82) is 0 Å². The predicted octanol–water partition coefficient (Wildman–Crippen LogP) is 6.27. The zero-order valence-electron chi connectivity index (χ0n) is 22.3. The first-order valence-corrected chi connectivity index (χ1v) is 14.0. The SMILES string of the molecule is C=C(C)[C@@H]1OC(=O)C[C@]2(C)CC[C@]3(C)[C@H](CC[C@@H]4[C@]56CC[C@@](O)(OC5)C(C)(C)[C@@H]6CC[C@]43C)C12. The maximum atomic E-state index is 12.6. The molecule has 1 N–H and O–H groups in total. The number of hydrogen-bond donors (Lipinski definition) is 1. The fraction of sp³-hybridized carbons (Fsp3) is 0.900. The number of carbonyl (C=O) groups is 1. The quantitative estimate of drug-likeness (QED) is 0.362. The van der Waals surface area contributed by atoms with Crippen LogP contribution in [-0.4, -0.2) is 29.6 Å². The first-order valence-electron chi connectivity index (χ1n) is 14.0. The van der Waals surface area contributed by atoms with E-state index in [0.717, 1.165) is 31.4 Å². The van der Waals surface area contributed by atoms with E-state index < -0.39 is 5.79 Å². The Balaban J connectivity index is 1.42. The molecular formula is C30H46O4. The molecular weight excluding hydrogens is 424 g/mol. The van der Waals surface area contributed by atoms with Crippen LogP contribution in [0.25, 0.3) is 0 Å². The van der Waals surface area contributed by atoms with Crippen LogP contribution in [0.5, 0.6) is 0 Å². The van der Waals surface area contributed by atoms with Crippen LogP contribution in [0, 0.1) is 50.7 Å². The maximum Gasteiger partial charge on any atom is 0.306 e. The average Bonchev–Trinajstić information content (AvgIpc) is 2.75. The molecule has 4 aliphatic carbocycles. The molecule has 2 bridgehead atoms. The summed E-state index contributed by atoms with van der Waals surface area (Å²) in [6.45, 7) is 19.2. The molecule has 4 heteroatoms. The number of rotatable bonds is 1. The summed E-state index contributed by atoms with van der Waals surface area (Å²) in [6.07, 6.45) is 9.45. The normalized spacial score (nSPS) is 57.5. The standard InChI is InChI=1S/C30H46O4/c1-18(2)24-23-19-8-9-21-28(7,27(19,6)13-12-26(23,5)16-22(31)34-24)11-10-20-25(3,4)30(32)15-14-29(20,21)17-33-30/h19-21,23-24,32H,1,8-17H2,2-7H3/t19-,20+,21+,23?,24+,26+,27-,28-,29-,30-/m1/s1. The van der Waals surface area contributed by atoms with Gasteiger partial charge in [-0.2, -0.15) is 0 Å². The van der Waals surface area contributed by atoms with Crippen LogP contribution in [0.4, 0.5) is 0 Å². The van der Waals surface area contributed by atoms with Crippen molar-refractivity contribution in [2.75, 3.05) is 6.61 Å². The van der Waals surface area contributed by atoms with Crippen molar-refractivity contribution in [3.63, 3.8) is 0 Å². The van der Waals surface area contributed by atoms with Gasteiger partial charge in [0.1, 0.15) is 6.10 Å². The second kappa shape index (κ2) is 6.71. The molecule has 3 aliphatic heterocycles. The molecule has 0 radical (unpaired) electrons. The highest BCUT2D eigenvalue weighted by Crippen LogP contribution is 2.78. The van der Waals surface area contributed by atoms with Crippen LogP contribution in [0.2, 0.25) is 0 Å². The maximum absolute atomic E-state index is 12.6. The summed E-state index contributed by atoms with van der Waals surface area (Å²) in [5.41, 5.74) is 1.46. The molecule has 3 heterocycles. The van der Waals surface area contributed by atoms with Crippen LogP contribution >= 0.6 is 0 Å². The summed E-state index contributed by atoms with van der Waals surface area (Å²) < 4.78 is 12.4. The van der Waals surface area contributed by atoms with Crippen LogP contribution in [0.15, 0.2) is 12.2 Å². The molecule has 7 rings (SSSR count). The third-order valence-electron chi connectivity index (χ3n) is 13.5. The molecule has 4 saturated carbocycles. The Bertz CT molecular complexity index is 928. The van der Waals surface area contributed by atoms with Gasteiger partial charge in [-0.3, -0.25) is 4.79 Å². The zero-order chi connectivity index (χ0) is 24.5. The second-order valence-corrected chi connectivity index (χ2v) is 14.8. The van der Waals surface area contributed by atoms with Gasteiger partial charge in [0.05, 0.1) is 13.0 Å². The Labute approximate surface area is 206 Å². The highest BCUT2D eigenvalue weighted by Gasteiger charge is 2.75. The Kier molecular flexibility index (Phi) is 4.64. The number of aliphatic hydroxyl groups is 1. The molecule has 0 aromatic rings. The van der Waals surface area contributed by atoms with E-state index in [4.69, 9.17) is 9.47 Å². The number of ether oxygens (including phenoxy) is 2. The molecule has 7 fully saturated rings. The van der Waals surface area contributed by atoms with E-state index in [1.165, 1.54) is 32.1 Å². The van der Waals surface area contributed by atoms with Gasteiger partial charge in [0.2, 0.25) is 0 Å². The average molecular weight is 471 g/mol. The monoisotopic (exact) mass is 470 g/mol. The summed E-state index contributed by atoms with van der Waals surface area (Å²) in [5.74, 6) is 1.08. The molecule has 3 saturated heterocycles. The number of fused-ring (bicyclic) bond motifs is 7. The minimum Gasteiger partial charge on any atom is -0.458 e. The molecule has 7 aliphatic rings. The van der Waals surface area contributed by atoms with Crippen molar-refractivity contribution < 1.29 is 19.4 Å². The Morgan fingerprint density at radius 3 is 2.32 bits per heavy atom. The molecule has 1 unspecified atom stereocenters. The Morgan fingerprint density at radius 2 is 1.68 bits per heavy atom. The van der Waals surface area contributed by atoms with Gasteiger partial charge in [-0.25, -0.2) is 0 Å². The minimum atomic E-state index is -0.957. The molecule has 0 amide bonds. The third-order valence-corrected chi connectivity index (χ3v) is 13.5. The molecule has 1 spiro atoms. The van der Waals surface area contributed by atoms with E-state index in [2.05, 4.69) is 48.1 Å². The lowest BCUT2D eigenvalue weighted by Gasteiger charge is -2.76. The van der Waals surface area contributed by atoms with Crippen LogP contribution in [-0.2, 0) is 14.3 Å². The first-order chi connectivity index (χ1) is 15.7. The number of carbonyl (C=O) groups excluding carboxylic acids is 1. The van der Waals surface area contributed by atoms with Gasteiger partial charge in [-0.05, 0) is 91.4 Å². The number of hydrogen-bond acceptors (Lipinski definition) is 4. The van der Waals surface area contributed by atoms with Gasteiger partial charge in [-0.1, -0.05) is 41.2 Å². The van der Waals surface area contributed by atoms with Gasteiger partial charge in [0, 0.05) is 23.2 Å². The molecule has 10 atom stereocenters. The fourth-order valence-corrected chi connectivity index (χ4v) is 11.4. The smallest absolute Gasteiger partial charge is 0.306 e. The van der Waals surface area contributed by atoms with E-state index in [1.807, 2.05) is 0 Å². The third kappa shape index (κ3) is 2.51. The molecule has 0 aromatic carbocycles. The van der Waals surface area contributed by atoms with Crippen LogP contribution < -0.4 is 0 Å². The van der Waals surface area contributed by atoms with E-state index in [1.54, 1.807) is 0 Å². The lowest BCUT2D eigenvalue weighted by molar-refractivity contribution is -0.401. The molecule has 34 heavy (non-hydrogen) atoms. The molecule has 4 nitrogen and oxygen atoms in total. The highest BCUT2D eigenvalue weighted by atomic mass is 16.6. The fourth-order valence-electron chi connectivity index (χ4n) is 11.4. The number of cyclic esters (lactones) is 1. The lowest BCUT2D eigenvalue weighted by Crippen LogP contribution is -2.74. The molecule has 190 valence electrons. The summed E-state index contributed by atoms with van der Waals surface area (Å²) >= 11 is 0. The van der Waals surface area contributed by atoms with Crippen LogP contribution in [0.1, 0.15) is 99.3 Å². The van der Waals surface area contributed by atoms with Crippen molar-refractivity contribution >= 4 is 5.97 Å². The van der Waals surface area contributed by atoms with Gasteiger partial charge in [0.15, 0.2) is 5.79 Å². The lowest BCUT2D eigenvalue weighted by atomic mass is 9.31. The van der Waals surface area contributed by atoms with Crippen molar-refractivity contribution in [2.45, 2.75) is 111 Å². The molecule has 0 aromatic heterocycles. The van der Waals surface area contributed by atoms with Crippen molar-refractivity contribution in [1.82, 2.24) is 0 Å². The van der Waals surface area contributed by atoms with E-state index in [0.29, 0.717) is 30.1 Å². The van der Waals surface area contributed by atoms with Gasteiger partial charge in [0.25, 0.3) is 0 Å². The van der Waals surface area contributed by atoms with Gasteiger partial charge in [-0.15, -0.1) is 0 Å². The topological polar surface area (TPSA) is 55.8 Å². The van der Waals surface area contributed by atoms with Crippen molar-refractivity contribution in [2.24, 2.45) is 50.7 Å². The summed E-state index contributed by atoms with van der Waals surface area (Å²) in [6, 6.07) is 0. The van der Waals surface area contributed by atoms with E-state index in [9.17, 15) is 9.90 Å². The zero-order valence-corrected chi connectivity index (χ0v) is 22.3. The van der Waals surface area contributed by atoms with Gasteiger partial charge < -0.3 is 14.6 Å².